The molecule has 0 bridgehead atoms. The normalized spacial score (nSPS) is 10.4. The highest BCUT2D eigenvalue weighted by Gasteiger charge is 2.05. The molecule has 2 rings (SSSR count). The fraction of sp³-hybridized carbons (Fsp3) is 0.182. The Labute approximate surface area is 98.3 Å². The lowest BCUT2D eigenvalue weighted by molar-refractivity contribution is 0.181. The highest BCUT2D eigenvalue weighted by atomic mass is 35.5. The predicted octanol–water partition coefficient (Wildman–Crippen LogP) is 2.34. The fourth-order valence-corrected chi connectivity index (χ4v) is 1.52. The van der Waals surface area contributed by atoms with Crippen molar-refractivity contribution >= 4 is 11.6 Å². The van der Waals surface area contributed by atoms with Crippen molar-refractivity contribution in [3.05, 3.63) is 41.4 Å². The fourth-order valence-electron chi connectivity index (χ4n) is 1.31. The van der Waals surface area contributed by atoms with Crippen molar-refractivity contribution in [2.24, 2.45) is 0 Å². The minimum Gasteiger partial charge on any atom is -0.378 e. The summed E-state index contributed by atoms with van der Waals surface area (Å²) >= 11 is 5.91. The molecule has 5 heteroatoms. The first-order valence-corrected chi connectivity index (χ1v) is 5.10. The Bertz CT molecular complexity index is 476. The number of pyridine rings is 1. The molecule has 0 aromatic carbocycles. The first-order valence-electron chi connectivity index (χ1n) is 4.72. The Morgan fingerprint density at radius 3 is 2.94 bits per heavy atom. The van der Waals surface area contributed by atoms with E-state index in [9.17, 15) is 0 Å². The molecule has 0 spiro atoms. The van der Waals surface area contributed by atoms with Crippen LogP contribution in [0, 0.1) is 0 Å². The summed E-state index contributed by atoms with van der Waals surface area (Å²) in [6, 6.07) is 5.40. The van der Waals surface area contributed by atoms with Crippen LogP contribution in [0.5, 0.6) is 0 Å². The molecule has 0 atom stereocenters. The van der Waals surface area contributed by atoms with E-state index in [1.54, 1.807) is 25.6 Å². The lowest BCUT2D eigenvalue weighted by Crippen LogP contribution is -1.97. The van der Waals surface area contributed by atoms with Crippen LogP contribution in [-0.4, -0.2) is 22.1 Å². The van der Waals surface area contributed by atoms with Gasteiger partial charge in [0.05, 0.1) is 12.3 Å². The lowest BCUT2D eigenvalue weighted by atomic mass is 10.2. The topological polar surface area (TPSA) is 47.9 Å². The Morgan fingerprint density at radius 1 is 1.38 bits per heavy atom. The SMILES string of the molecule is COCc1cc(Cl)nc(-c2cccnc2)n1. The summed E-state index contributed by atoms with van der Waals surface area (Å²) < 4.78 is 5.01. The minimum atomic E-state index is 0.404. The van der Waals surface area contributed by atoms with Gasteiger partial charge in [0.2, 0.25) is 0 Å². The summed E-state index contributed by atoms with van der Waals surface area (Å²) in [5, 5.41) is 0.404. The second-order valence-electron chi connectivity index (χ2n) is 3.18. The van der Waals surface area contributed by atoms with Gasteiger partial charge in [-0.2, -0.15) is 0 Å². The first-order chi connectivity index (χ1) is 7.79. The van der Waals surface area contributed by atoms with E-state index in [2.05, 4.69) is 15.0 Å². The third-order valence-electron chi connectivity index (χ3n) is 1.96. The van der Waals surface area contributed by atoms with E-state index in [-0.39, 0.29) is 0 Å². The number of rotatable bonds is 3. The quantitative estimate of drug-likeness (QED) is 0.767. The Hall–Kier alpha value is -1.52. The van der Waals surface area contributed by atoms with E-state index in [1.165, 1.54) is 0 Å². The number of halogens is 1. The zero-order chi connectivity index (χ0) is 11.4. The van der Waals surface area contributed by atoms with Crippen molar-refractivity contribution in [1.29, 1.82) is 0 Å². The van der Waals surface area contributed by atoms with Gasteiger partial charge < -0.3 is 4.74 Å². The van der Waals surface area contributed by atoms with Gasteiger partial charge in [0.15, 0.2) is 5.82 Å². The summed E-state index contributed by atoms with van der Waals surface area (Å²) in [7, 11) is 1.61. The van der Waals surface area contributed by atoms with Gasteiger partial charge in [0.1, 0.15) is 5.15 Å². The van der Waals surface area contributed by atoms with Crippen LogP contribution in [0.15, 0.2) is 30.6 Å². The molecule has 0 fully saturated rings. The molecule has 82 valence electrons. The molecule has 0 N–H and O–H groups in total. The molecule has 0 unspecified atom stereocenters. The van der Waals surface area contributed by atoms with Crippen LogP contribution >= 0.6 is 11.6 Å². The van der Waals surface area contributed by atoms with Gasteiger partial charge >= 0.3 is 0 Å². The van der Waals surface area contributed by atoms with Crippen molar-refractivity contribution in [1.82, 2.24) is 15.0 Å². The summed E-state index contributed by atoms with van der Waals surface area (Å²) in [6.07, 6.45) is 3.40. The van der Waals surface area contributed by atoms with Crippen molar-refractivity contribution in [3.8, 4) is 11.4 Å². The second-order valence-corrected chi connectivity index (χ2v) is 3.57. The van der Waals surface area contributed by atoms with Gasteiger partial charge in [-0.25, -0.2) is 9.97 Å². The monoisotopic (exact) mass is 235 g/mol. The van der Waals surface area contributed by atoms with Crippen molar-refractivity contribution in [3.63, 3.8) is 0 Å². The van der Waals surface area contributed by atoms with Crippen LogP contribution in [0.2, 0.25) is 5.15 Å². The number of hydrogen-bond donors (Lipinski definition) is 0. The molecule has 2 heterocycles. The third-order valence-corrected chi connectivity index (χ3v) is 2.15. The van der Waals surface area contributed by atoms with Crippen molar-refractivity contribution < 1.29 is 4.74 Å². The first kappa shape index (κ1) is 11.0. The van der Waals surface area contributed by atoms with Crippen LogP contribution < -0.4 is 0 Å². The number of hydrogen-bond acceptors (Lipinski definition) is 4. The van der Waals surface area contributed by atoms with Crippen LogP contribution in [-0.2, 0) is 11.3 Å². The van der Waals surface area contributed by atoms with E-state index in [1.807, 2.05) is 12.1 Å². The lowest BCUT2D eigenvalue weighted by Gasteiger charge is -2.03. The summed E-state index contributed by atoms with van der Waals surface area (Å²) in [5.41, 5.74) is 1.59. The van der Waals surface area contributed by atoms with Crippen LogP contribution in [0.25, 0.3) is 11.4 Å². The summed E-state index contributed by atoms with van der Waals surface area (Å²) in [6.45, 7) is 0.412. The Balaban J connectivity index is 2.41. The Morgan fingerprint density at radius 2 is 2.25 bits per heavy atom. The minimum absolute atomic E-state index is 0.404. The Kier molecular flexibility index (Phi) is 3.44. The number of aromatic nitrogens is 3. The number of nitrogens with zero attached hydrogens (tertiary/aromatic N) is 3. The summed E-state index contributed by atoms with van der Waals surface area (Å²) in [5.74, 6) is 0.563. The van der Waals surface area contributed by atoms with Crippen molar-refractivity contribution in [2.75, 3.05) is 7.11 Å². The van der Waals surface area contributed by atoms with E-state index in [0.717, 1.165) is 11.3 Å². The number of ether oxygens (including phenoxy) is 1. The highest BCUT2D eigenvalue weighted by Crippen LogP contribution is 2.17. The molecule has 0 aliphatic rings. The van der Waals surface area contributed by atoms with Gasteiger partial charge in [-0.3, -0.25) is 4.98 Å². The van der Waals surface area contributed by atoms with Gasteiger partial charge in [0, 0.05) is 25.1 Å². The number of methoxy groups -OCH3 is 1. The second kappa shape index (κ2) is 5.01. The van der Waals surface area contributed by atoms with E-state index in [4.69, 9.17) is 16.3 Å². The van der Waals surface area contributed by atoms with Crippen LogP contribution in [0.3, 0.4) is 0 Å². The molecule has 16 heavy (non-hydrogen) atoms. The summed E-state index contributed by atoms with van der Waals surface area (Å²) in [4.78, 5) is 12.5. The van der Waals surface area contributed by atoms with Gasteiger partial charge in [-0.1, -0.05) is 11.6 Å². The molecule has 4 nitrogen and oxygen atoms in total. The van der Waals surface area contributed by atoms with Gasteiger partial charge in [0.25, 0.3) is 0 Å². The smallest absolute Gasteiger partial charge is 0.162 e. The molecule has 2 aromatic rings. The molecular formula is C11H10ClN3O. The molecule has 2 aromatic heterocycles. The maximum absolute atomic E-state index is 5.91. The molecule has 0 saturated heterocycles. The largest absolute Gasteiger partial charge is 0.378 e. The maximum atomic E-state index is 5.91. The van der Waals surface area contributed by atoms with Crippen LogP contribution in [0.4, 0.5) is 0 Å². The standard InChI is InChI=1S/C11H10ClN3O/c1-16-7-9-5-10(12)15-11(14-9)8-3-2-4-13-6-8/h2-6H,7H2,1H3. The molecular weight excluding hydrogens is 226 g/mol. The predicted molar refractivity (Wildman–Crippen MR) is 61.0 cm³/mol. The van der Waals surface area contributed by atoms with Gasteiger partial charge in [-0.15, -0.1) is 0 Å². The third kappa shape index (κ3) is 2.53. The zero-order valence-corrected chi connectivity index (χ0v) is 9.48. The highest BCUT2D eigenvalue weighted by molar-refractivity contribution is 6.29. The van der Waals surface area contributed by atoms with Gasteiger partial charge in [-0.05, 0) is 18.2 Å². The van der Waals surface area contributed by atoms with Crippen LogP contribution in [0.1, 0.15) is 5.69 Å². The molecule has 0 radical (unpaired) electrons. The average molecular weight is 236 g/mol. The zero-order valence-electron chi connectivity index (χ0n) is 8.72. The molecule has 0 aliphatic carbocycles. The molecule has 0 aliphatic heterocycles. The van der Waals surface area contributed by atoms with E-state index < -0.39 is 0 Å². The molecule has 0 saturated carbocycles. The molecule has 0 amide bonds. The van der Waals surface area contributed by atoms with Crippen molar-refractivity contribution in [2.45, 2.75) is 6.61 Å². The van der Waals surface area contributed by atoms with E-state index >= 15 is 0 Å². The van der Waals surface area contributed by atoms with E-state index in [0.29, 0.717) is 17.6 Å². The average Bonchev–Trinajstić information content (AvgIpc) is 2.30. The maximum Gasteiger partial charge on any atom is 0.162 e.